The fourth-order valence-electron chi connectivity index (χ4n) is 2.50. The van der Waals surface area contributed by atoms with Crippen LogP contribution in [0.15, 0.2) is 46.0 Å². The van der Waals surface area contributed by atoms with Crippen molar-refractivity contribution in [3.63, 3.8) is 0 Å². The highest BCUT2D eigenvalue weighted by Gasteiger charge is 2.22. The van der Waals surface area contributed by atoms with E-state index in [1.165, 1.54) is 5.56 Å². The molecule has 0 saturated carbocycles. The van der Waals surface area contributed by atoms with Gasteiger partial charge in [-0.1, -0.05) is 17.7 Å². The van der Waals surface area contributed by atoms with Crippen LogP contribution in [-0.2, 0) is 4.79 Å². The first-order valence-electron chi connectivity index (χ1n) is 7.81. The number of piperazine rings is 1. The summed E-state index contributed by atoms with van der Waals surface area (Å²) in [6.07, 6.45) is 3.50. The van der Waals surface area contributed by atoms with Gasteiger partial charge in [-0.05, 0) is 35.0 Å². The van der Waals surface area contributed by atoms with E-state index in [-0.39, 0.29) is 5.91 Å². The van der Waals surface area contributed by atoms with Crippen LogP contribution >= 0.6 is 27.7 Å². The lowest BCUT2D eigenvalue weighted by Crippen LogP contribution is -2.49. The van der Waals surface area contributed by atoms with Gasteiger partial charge in [-0.15, -0.1) is 11.8 Å². The van der Waals surface area contributed by atoms with Crippen molar-refractivity contribution < 1.29 is 4.79 Å². The number of thioether (sulfide) groups is 1. The first-order valence-corrected chi connectivity index (χ1v) is 9.59. The van der Waals surface area contributed by atoms with Crippen LogP contribution in [0.4, 0.5) is 5.95 Å². The highest BCUT2D eigenvalue weighted by molar-refractivity contribution is 9.10. The number of amides is 1. The molecule has 1 aliphatic heterocycles. The zero-order valence-electron chi connectivity index (χ0n) is 13.5. The molecule has 0 atom stereocenters. The van der Waals surface area contributed by atoms with Gasteiger partial charge in [0.15, 0.2) is 0 Å². The van der Waals surface area contributed by atoms with Gasteiger partial charge in [0.05, 0.1) is 10.2 Å². The van der Waals surface area contributed by atoms with E-state index in [0.29, 0.717) is 18.8 Å². The minimum Gasteiger partial charge on any atom is -0.338 e. The van der Waals surface area contributed by atoms with Gasteiger partial charge in [0.25, 0.3) is 0 Å². The molecule has 5 nitrogen and oxygen atoms in total. The van der Waals surface area contributed by atoms with E-state index in [4.69, 9.17) is 0 Å². The maximum atomic E-state index is 12.4. The molecule has 0 N–H and O–H groups in total. The van der Waals surface area contributed by atoms with Crippen molar-refractivity contribution >= 4 is 39.5 Å². The normalized spacial score (nSPS) is 14.8. The summed E-state index contributed by atoms with van der Waals surface area (Å²) in [4.78, 5) is 26.2. The number of rotatable bonds is 4. The second-order valence-corrected chi connectivity index (χ2v) is 7.64. The highest BCUT2D eigenvalue weighted by atomic mass is 79.9. The molecule has 0 aliphatic carbocycles. The third kappa shape index (κ3) is 4.48. The number of carbonyl (C=O) groups excluding carboxylic acids is 1. The molecule has 1 amide bonds. The van der Waals surface area contributed by atoms with Gasteiger partial charge in [-0.25, -0.2) is 9.97 Å². The van der Waals surface area contributed by atoms with Gasteiger partial charge in [-0.3, -0.25) is 4.79 Å². The zero-order valence-corrected chi connectivity index (χ0v) is 15.9. The lowest BCUT2D eigenvalue weighted by atomic mass is 10.2. The molecule has 1 saturated heterocycles. The molecular weight excluding hydrogens is 388 g/mol. The third-order valence-electron chi connectivity index (χ3n) is 3.91. The first kappa shape index (κ1) is 17.2. The Bertz CT molecular complexity index is 685. The summed E-state index contributed by atoms with van der Waals surface area (Å²) in [5, 5.41) is 0. The molecular formula is C17H19BrN4OS. The Kier molecular flexibility index (Phi) is 5.73. The predicted molar refractivity (Wildman–Crippen MR) is 100 cm³/mol. The van der Waals surface area contributed by atoms with E-state index in [9.17, 15) is 4.79 Å². The molecule has 0 unspecified atom stereocenters. The Morgan fingerprint density at radius 2 is 1.75 bits per heavy atom. The van der Waals surface area contributed by atoms with Gasteiger partial charge in [0.2, 0.25) is 11.9 Å². The molecule has 1 fully saturated rings. The predicted octanol–water partition coefficient (Wildman–Crippen LogP) is 2.99. The van der Waals surface area contributed by atoms with Gasteiger partial charge in [0.1, 0.15) is 0 Å². The van der Waals surface area contributed by atoms with E-state index in [0.717, 1.165) is 28.4 Å². The van der Waals surface area contributed by atoms with Gasteiger partial charge in [-0.2, -0.15) is 0 Å². The lowest BCUT2D eigenvalue weighted by Gasteiger charge is -2.34. The molecule has 7 heteroatoms. The van der Waals surface area contributed by atoms with Crippen LogP contribution in [0.2, 0.25) is 0 Å². The highest BCUT2D eigenvalue weighted by Crippen LogP contribution is 2.19. The summed E-state index contributed by atoms with van der Waals surface area (Å²) < 4.78 is 0.869. The van der Waals surface area contributed by atoms with Crippen LogP contribution in [0, 0.1) is 6.92 Å². The molecule has 2 aromatic rings. The molecule has 0 radical (unpaired) electrons. The van der Waals surface area contributed by atoms with Gasteiger partial charge >= 0.3 is 0 Å². The second kappa shape index (κ2) is 7.98. The number of anilines is 1. The minimum absolute atomic E-state index is 0.192. The largest absolute Gasteiger partial charge is 0.338 e. The molecule has 3 rings (SSSR count). The summed E-state index contributed by atoms with van der Waals surface area (Å²) in [5.74, 6) is 1.40. The quantitative estimate of drug-likeness (QED) is 0.730. The molecule has 1 aliphatic rings. The summed E-state index contributed by atoms with van der Waals surface area (Å²) in [5.41, 5.74) is 1.23. The zero-order chi connectivity index (χ0) is 16.9. The Morgan fingerprint density at radius 1 is 1.12 bits per heavy atom. The number of halogens is 1. The number of aromatic nitrogens is 2. The molecule has 2 heterocycles. The summed E-state index contributed by atoms with van der Waals surface area (Å²) >= 11 is 4.93. The monoisotopic (exact) mass is 406 g/mol. The van der Waals surface area contributed by atoms with Crippen molar-refractivity contribution in [2.45, 2.75) is 11.8 Å². The molecule has 1 aromatic carbocycles. The standard InChI is InChI=1S/C17H19BrN4OS/c1-13-2-4-15(5-3-13)24-12-16(23)21-6-8-22(9-7-21)17-19-10-14(18)11-20-17/h2-5,10-11H,6-9,12H2,1H3. The van der Waals surface area contributed by atoms with Crippen molar-refractivity contribution in [1.82, 2.24) is 14.9 Å². The van der Waals surface area contributed by atoms with Crippen molar-refractivity contribution in [3.05, 3.63) is 46.7 Å². The lowest BCUT2D eigenvalue weighted by molar-refractivity contribution is -0.128. The van der Waals surface area contributed by atoms with E-state index < -0.39 is 0 Å². The number of benzene rings is 1. The number of carbonyl (C=O) groups is 1. The molecule has 0 bridgehead atoms. The molecule has 0 spiro atoms. The first-order chi connectivity index (χ1) is 11.6. The van der Waals surface area contributed by atoms with Crippen molar-refractivity contribution in [2.75, 3.05) is 36.8 Å². The third-order valence-corrected chi connectivity index (χ3v) is 5.31. The van der Waals surface area contributed by atoms with Crippen LogP contribution in [0.25, 0.3) is 0 Å². The average Bonchev–Trinajstić information content (AvgIpc) is 2.62. The van der Waals surface area contributed by atoms with Crippen molar-refractivity contribution in [3.8, 4) is 0 Å². The Morgan fingerprint density at radius 3 is 2.38 bits per heavy atom. The van der Waals surface area contributed by atoms with Crippen molar-refractivity contribution in [1.29, 1.82) is 0 Å². The van der Waals surface area contributed by atoms with Crippen LogP contribution in [0.5, 0.6) is 0 Å². The minimum atomic E-state index is 0.192. The summed E-state index contributed by atoms with van der Waals surface area (Å²) in [7, 11) is 0. The smallest absolute Gasteiger partial charge is 0.233 e. The fourth-order valence-corrected chi connectivity index (χ4v) is 3.50. The maximum Gasteiger partial charge on any atom is 0.233 e. The van der Waals surface area contributed by atoms with Crippen LogP contribution in [0.1, 0.15) is 5.56 Å². The number of aryl methyl sites for hydroxylation is 1. The SMILES string of the molecule is Cc1ccc(SCC(=O)N2CCN(c3ncc(Br)cn3)CC2)cc1. The molecule has 126 valence electrons. The van der Waals surface area contributed by atoms with Gasteiger partial charge in [0, 0.05) is 43.5 Å². The number of nitrogens with zero attached hydrogens (tertiary/aromatic N) is 4. The number of hydrogen-bond acceptors (Lipinski definition) is 5. The van der Waals surface area contributed by atoms with E-state index >= 15 is 0 Å². The number of hydrogen-bond donors (Lipinski definition) is 0. The van der Waals surface area contributed by atoms with Crippen molar-refractivity contribution in [2.24, 2.45) is 0 Å². The van der Waals surface area contributed by atoms with E-state index in [2.05, 4.69) is 62.0 Å². The average molecular weight is 407 g/mol. The van der Waals surface area contributed by atoms with Crippen LogP contribution in [0.3, 0.4) is 0 Å². The summed E-state index contributed by atoms with van der Waals surface area (Å²) in [6, 6.07) is 8.28. The fraction of sp³-hybridized carbons (Fsp3) is 0.353. The Hall–Kier alpha value is -1.60. The Labute approximate surface area is 154 Å². The Balaban J connectivity index is 1.48. The molecule has 1 aromatic heterocycles. The second-order valence-electron chi connectivity index (χ2n) is 5.67. The van der Waals surface area contributed by atoms with Gasteiger partial charge < -0.3 is 9.80 Å². The van der Waals surface area contributed by atoms with Crippen LogP contribution in [-0.4, -0.2) is 52.7 Å². The summed E-state index contributed by atoms with van der Waals surface area (Å²) in [6.45, 7) is 5.03. The molecule has 24 heavy (non-hydrogen) atoms. The maximum absolute atomic E-state index is 12.4. The van der Waals surface area contributed by atoms with Crippen LogP contribution < -0.4 is 4.90 Å². The van der Waals surface area contributed by atoms with E-state index in [1.54, 1.807) is 24.2 Å². The van der Waals surface area contributed by atoms with E-state index in [1.807, 2.05) is 4.90 Å². The topological polar surface area (TPSA) is 49.3 Å².